The Bertz CT molecular complexity index is 967. The molecule has 2 aromatic carbocycles. The van der Waals surface area contributed by atoms with Crippen LogP contribution < -0.4 is 9.47 Å². The Morgan fingerprint density at radius 3 is 2.43 bits per heavy atom. The highest BCUT2D eigenvalue weighted by Gasteiger charge is 2.15. The lowest BCUT2D eigenvalue weighted by Gasteiger charge is -2.17. The summed E-state index contributed by atoms with van der Waals surface area (Å²) in [4.78, 5) is 14.0. The molecule has 0 fully saturated rings. The zero-order valence-corrected chi connectivity index (χ0v) is 17.1. The van der Waals surface area contributed by atoms with Crippen LogP contribution in [0.3, 0.4) is 0 Å². The fourth-order valence-electron chi connectivity index (χ4n) is 2.53. The molecule has 1 heterocycles. The molecule has 8 nitrogen and oxygen atoms in total. The van der Waals surface area contributed by atoms with Crippen LogP contribution in [0.15, 0.2) is 53.7 Å². The van der Waals surface area contributed by atoms with Gasteiger partial charge in [-0.25, -0.2) is 0 Å². The van der Waals surface area contributed by atoms with Crippen LogP contribution in [0.2, 0.25) is 0 Å². The number of alkyl halides is 2. The minimum atomic E-state index is -2.87. The Morgan fingerprint density at radius 1 is 1.13 bits per heavy atom. The molecule has 3 rings (SSSR count). The third-order valence-corrected chi connectivity index (χ3v) is 4.98. The van der Waals surface area contributed by atoms with Gasteiger partial charge in [0.05, 0.1) is 18.6 Å². The molecule has 0 bridgehead atoms. The number of hydrogen-bond donors (Lipinski definition) is 0. The van der Waals surface area contributed by atoms with E-state index < -0.39 is 6.61 Å². The van der Waals surface area contributed by atoms with Crippen LogP contribution in [0.4, 0.5) is 8.78 Å². The van der Waals surface area contributed by atoms with Crippen molar-refractivity contribution in [1.29, 1.82) is 0 Å². The van der Waals surface area contributed by atoms with E-state index in [4.69, 9.17) is 4.74 Å². The van der Waals surface area contributed by atoms with E-state index in [0.29, 0.717) is 17.5 Å². The zero-order valence-electron chi connectivity index (χ0n) is 16.2. The van der Waals surface area contributed by atoms with E-state index in [1.54, 1.807) is 43.1 Å². The van der Waals surface area contributed by atoms with Crippen LogP contribution in [0.25, 0.3) is 5.69 Å². The van der Waals surface area contributed by atoms with Gasteiger partial charge in [-0.15, -0.1) is 5.10 Å². The third-order valence-electron chi connectivity index (χ3n) is 4.08. The summed E-state index contributed by atoms with van der Waals surface area (Å²) in [6.45, 7) is -2.54. The second kappa shape index (κ2) is 10.0. The molecule has 1 aromatic heterocycles. The molecular formula is C19H19F2N5O3S. The summed E-state index contributed by atoms with van der Waals surface area (Å²) in [7, 11) is 3.25. The first kappa shape index (κ1) is 21.5. The van der Waals surface area contributed by atoms with Crippen molar-refractivity contribution >= 4 is 17.7 Å². The maximum absolute atomic E-state index is 12.5. The first-order valence-corrected chi connectivity index (χ1v) is 9.78. The lowest BCUT2D eigenvalue weighted by molar-refractivity contribution is -0.127. The van der Waals surface area contributed by atoms with Crippen molar-refractivity contribution in [2.24, 2.45) is 0 Å². The number of hydrogen-bond acceptors (Lipinski definition) is 7. The van der Waals surface area contributed by atoms with Crippen molar-refractivity contribution in [2.45, 2.75) is 18.3 Å². The smallest absolute Gasteiger partial charge is 0.387 e. The van der Waals surface area contributed by atoms with E-state index in [9.17, 15) is 13.6 Å². The van der Waals surface area contributed by atoms with Crippen molar-refractivity contribution in [2.75, 3.05) is 19.9 Å². The van der Waals surface area contributed by atoms with Crippen LogP contribution in [0.5, 0.6) is 11.5 Å². The topological polar surface area (TPSA) is 82.4 Å². The van der Waals surface area contributed by atoms with Gasteiger partial charge in [-0.3, -0.25) is 4.79 Å². The molecule has 0 unspecified atom stereocenters. The van der Waals surface area contributed by atoms with Crippen LogP contribution in [0.1, 0.15) is 5.56 Å². The summed E-state index contributed by atoms with van der Waals surface area (Å²) < 4.78 is 35.4. The van der Waals surface area contributed by atoms with E-state index in [2.05, 4.69) is 20.3 Å². The highest BCUT2D eigenvalue weighted by Crippen LogP contribution is 2.21. The van der Waals surface area contributed by atoms with Crippen molar-refractivity contribution in [3.05, 3.63) is 54.1 Å². The third kappa shape index (κ3) is 5.66. The average molecular weight is 435 g/mol. The number of amides is 1. The van der Waals surface area contributed by atoms with E-state index in [-0.39, 0.29) is 17.4 Å². The number of carbonyl (C=O) groups is 1. The highest BCUT2D eigenvalue weighted by atomic mass is 32.2. The molecule has 0 saturated heterocycles. The molecule has 158 valence electrons. The SMILES string of the molecule is COc1ccc(-n2nnnc2SCC(=O)N(C)Cc2ccc(OC(F)F)cc2)cc1. The number of halogens is 2. The first-order chi connectivity index (χ1) is 14.5. The van der Waals surface area contributed by atoms with Gasteiger partial charge in [0.15, 0.2) is 0 Å². The van der Waals surface area contributed by atoms with Crippen LogP contribution in [0, 0.1) is 0 Å². The summed E-state index contributed by atoms with van der Waals surface area (Å²) in [6, 6.07) is 13.4. The van der Waals surface area contributed by atoms with Gasteiger partial charge in [-0.1, -0.05) is 23.9 Å². The molecule has 0 radical (unpaired) electrons. The molecule has 30 heavy (non-hydrogen) atoms. The van der Waals surface area contributed by atoms with Crippen LogP contribution >= 0.6 is 11.8 Å². The standard InChI is InChI=1S/C19H19F2N5O3S/c1-25(11-13-3-7-16(8-4-13)29-18(20)21)17(27)12-30-19-22-23-24-26(19)14-5-9-15(28-2)10-6-14/h3-10,18H,11-12H2,1-2H3. The molecule has 0 aliphatic carbocycles. The summed E-state index contributed by atoms with van der Waals surface area (Å²) in [5, 5.41) is 12.1. The second-order valence-electron chi connectivity index (χ2n) is 6.13. The summed E-state index contributed by atoms with van der Waals surface area (Å²) in [5.74, 6) is 0.798. The molecule has 0 aliphatic heterocycles. The molecule has 0 aliphatic rings. The van der Waals surface area contributed by atoms with Gasteiger partial charge in [0.25, 0.3) is 0 Å². The number of aromatic nitrogens is 4. The van der Waals surface area contributed by atoms with Crippen LogP contribution in [-0.2, 0) is 11.3 Å². The number of rotatable bonds is 9. The molecule has 11 heteroatoms. The quantitative estimate of drug-likeness (QED) is 0.478. The fourth-order valence-corrected chi connectivity index (χ4v) is 3.36. The Hall–Kier alpha value is -3.21. The second-order valence-corrected chi connectivity index (χ2v) is 7.07. The Morgan fingerprint density at radius 2 is 1.80 bits per heavy atom. The lowest BCUT2D eigenvalue weighted by atomic mass is 10.2. The van der Waals surface area contributed by atoms with E-state index >= 15 is 0 Å². The number of ether oxygens (including phenoxy) is 2. The van der Waals surface area contributed by atoms with Gasteiger partial charge in [-0.05, 0) is 52.4 Å². The molecule has 0 atom stereocenters. The number of benzene rings is 2. The number of thioether (sulfide) groups is 1. The number of tetrazole rings is 1. The summed E-state index contributed by atoms with van der Waals surface area (Å²) in [6.07, 6.45) is 0. The molecule has 0 spiro atoms. The van der Waals surface area contributed by atoms with Crippen molar-refractivity contribution < 1.29 is 23.0 Å². The lowest BCUT2D eigenvalue weighted by Crippen LogP contribution is -2.27. The molecular weight excluding hydrogens is 416 g/mol. The fraction of sp³-hybridized carbons (Fsp3) is 0.263. The van der Waals surface area contributed by atoms with Gasteiger partial charge < -0.3 is 14.4 Å². The molecule has 1 amide bonds. The van der Waals surface area contributed by atoms with Crippen LogP contribution in [-0.4, -0.2) is 57.5 Å². The van der Waals surface area contributed by atoms with Gasteiger partial charge >= 0.3 is 6.61 Å². The largest absolute Gasteiger partial charge is 0.497 e. The van der Waals surface area contributed by atoms with Gasteiger partial charge in [0, 0.05) is 13.6 Å². The number of carbonyl (C=O) groups excluding carboxylic acids is 1. The van der Waals surface area contributed by atoms with E-state index in [0.717, 1.165) is 11.3 Å². The summed E-state index contributed by atoms with van der Waals surface area (Å²) >= 11 is 1.22. The van der Waals surface area contributed by atoms with E-state index in [1.165, 1.54) is 28.8 Å². The van der Waals surface area contributed by atoms with Crippen molar-refractivity contribution in [1.82, 2.24) is 25.1 Å². The normalized spacial score (nSPS) is 10.8. The number of nitrogens with zero attached hydrogens (tertiary/aromatic N) is 5. The maximum Gasteiger partial charge on any atom is 0.387 e. The van der Waals surface area contributed by atoms with E-state index in [1.807, 2.05) is 12.1 Å². The minimum Gasteiger partial charge on any atom is -0.497 e. The van der Waals surface area contributed by atoms with Gasteiger partial charge in [-0.2, -0.15) is 13.5 Å². The maximum atomic E-state index is 12.5. The highest BCUT2D eigenvalue weighted by molar-refractivity contribution is 7.99. The Kier molecular flexibility index (Phi) is 7.17. The Labute approximate surface area is 175 Å². The molecule has 0 N–H and O–H groups in total. The first-order valence-electron chi connectivity index (χ1n) is 8.79. The minimum absolute atomic E-state index is 0.0728. The molecule has 3 aromatic rings. The average Bonchev–Trinajstić information content (AvgIpc) is 3.21. The monoisotopic (exact) mass is 435 g/mol. The molecule has 0 saturated carbocycles. The number of methoxy groups -OCH3 is 1. The predicted octanol–water partition coefficient (Wildman–Crippen LogP) is 3.02. The van der Waals surface area contributed by atoms with Crippen molar-refractivity contribution in [3.63, 3.8) is 0 Å². The Balaban J connectivity index is 1.56. The van der Waals surface area contributed by atoms with Crippen molar-refractivity contribution in [3.8, 4) is 17.2 Å². The summed E-state index contributed by atoms with van der Waals surface area (Å²) in [5.41, 5.74) is 1.54. The zero-order chi connectivity index (χ0) is 21.5. The van der Waals surface area contributed by atoms with Gasteiger partial charge in [0.1, 0.15) is 11.5 Å². The van der Waals surface area contributed by atoms with Gasteiger partial charge in [0.2, 0.25) is 11.1 Å². The predicted molar refractivity (Wildman–Crippen MR) is 106 cm³/mol.